The van der Waals surface area contributed by atoms with Crippen molar-refractivity contribution in [2.24, 2.45) is 0 Å². The summed E-state index contributed by atoms with van der Waals surface area (Å²) in [6.07, 6.45) is 8.23. The summed E-state index contributed by atoms with van der Waals surface area (Å²) in [5.41, 5.74) is 2.39. The summed E-state index contributed by atoms with van der Waals surface area (Å²) in [6, 6.07) is 5.56. The molecular weight excluding hydrogens is 358 g/mol. The Bertz CT molecular complexity index is 1030. The summed E-state index contributed by atoms with van der Waals surface area (Å²) in [5.74, 6) is 0.865. The number of nitrogens with one attached hydrogen (secondary N) is 1. The van der Waals surface area contributed by atoms with Gasteiger partial charge in [0, 0.05) is 12.0 Å². The normalized spacial score (nSPS) is 26.6. The second-order valence-electron chi connectivity index (χ2n) is 8.15. The minimum atomic E-state index is -0.100. The first-order chi connectivity index (χ1) is 13.7. The molecule has 2 aliphatic heterocycles. The highest BCUT2D eigenvalue weighted by Crippen LogP contribution is 2.43. The lowest BCUT2D eigenvalue weighted by atomic mass is 10.0. The maximum Gasteiger partial charge on any atom is 0.259 e. The molecule has 2 unspecified atom stereocenters. The maximum absolute atomic E-state index is 13.3. The van der Waals surface area contributed by atoms with Crippen LogP contribution in [-0.4, -0.2) is 34.3 Å². The van der Waals surface area contributed by atoms with Gasteiger partial charge in [-0.05, 0) is 56.7 Å². The molecule has 1 N–H and O–H groups in total. The molecule has 3 aliphatic rings. The molecule has 6 rings (SSSR count). The summed E-state index contributed by atoms with van der Waals surface area (Å²) in [6.45, 7) is 0. The first kappa shape index (κ1) is 16.3. The summed E-state index contributed by atoms with van der Waals surface area (Å²) in [7, 11) is 0. The molecule has 7 heteroatoms. The van der Waals surface area contributed by atoms with Crippen LogP contribution in [0.4, 0.5) is 0 Å². The fraction of sp³-hybridized carbons (Fsp3) is 0.476. The van der Waals surface area contributed by atoms with Gasteiger partial charge in [-0.15, -0.1) is 0 Å². The quantitative estimate of drug-likeness (QED) is 0.741. The van der Waals surface area contributed by atoms with Gasteiger partial charge >= 0.3 is 0 Å². The van der Waals surface area contributed by atoms with E-state index in [4.69, 9.17) is 13.7 Å². The summed E-state index contributed by atoms with van der Waals surface area (Å²) >= 11 is 0. The number of pyridine rings is 1. The minimum Gasteiger partial charge on any atom is -0.463 e. The van der Waals surface area contributed by atoms with E-state index in [0.717, 1.165) is 49.6 Å². The van der Waals surface area contributed by atoms with Crippen LogP contribution in [0.25, 0.3) is 22.6 Å². The second kappa shape index (κ2) is 6.17. The molecule has 2 atom stereocenters. The Balaban J connectivity index is 1.39. The zero-order valence-electron chi connectivity index (χ0n) is 15.4. The van der Waals surface area contributed by atoms with Gasteiger partial charge in [-0.3, -0.25) is 4.79 Å². The molecule has 144 valence electrons. The monoisotopic (exact) mass is 379 g/mol. The van der Waals surface area contributed by atoms with Crippen molar-refractivity contribution in [3.05, 3.63) is 35.7 Å². The highest BCUT2D eigenvalue weighted by Gasteiger charge is 2.37. The standard InChI is InChI=1S/C21H21N3O4/c25-20(22-12-8-13-5-6-14(9-12)27-13)15-10-16(17-2-1-7-26-17)23-21-18(15)19(24-28-21)11-3-4-11/h1-2,7,10-14H,3-6,8-9H2,(H,22,25). The number of rotatable bonds is 4. The van der Waals surface area contributed by atoms with E-state index in [1.165, 1.54) is 0 Å². The van der Waals surface area contributed by atoms with Crippen LogP contribution in [0.15, 0.2) is 33.4 Å². The van der Waals surface area contributed by atoms with Gasteiger partial charge in [0.25, 0.3) is 11.6 Å². The first-order valence-electron chi connectivity index (χ1n) is 10.0. The van der Waals surface area contributed by atoms with Crippen molar-refractivity contribution in [1.82, 2.24) is 15.5 Å². The average molecular weight is 379 g/mol. The Morgan fingerprint density at radius 3 is 2.68 bits per heavy atom. The average Bonchev–Trinajstić information content (AvgIpc) is 3.10. The molecule has 3 aromatic heterocycles. The van der Waals surface area contributed by atoms with Crippen molar-refractivity contribution in [2.75, 3.05) is 0 Å². The largest absolute Gasteiger partial charge is 0.463 e. The lowest BCUT2D eigenvalue weighted by Gasteiger charge is -2.29. The predicted molar refractivity (Wildman–Crippen MR) is 99.9 cm³/mol. The molecule has 1 aliphatic carbocycles. The molecule has 0 aromatic carbocycles. The van der Waals surface area contributed by atoms with Crippen LogP contribution in [0.2, 0.25) is 0 Å². The van der Waals surface area contributed by atoms with E-state index in [1.54, 1.807) is 18.4 Å². The zero-order valence-corrected chi connectivity index (χ0v) is 15.4. The lowest BCUT2D eigenvalue weighted by molar-refractivity contribution is -0.00773. The van der Waals surface area contributed by atoms with Gasteiger partial charge in [-0.1, -0.05) is 5.16 Å². The van der Waals surface area contributed by atoms with Gasteiger partial charge in [0.05, 0.1) is 35.1 Å². The molecule has 2 bridgehead atoms. The first-order valence-corrected chi connectivity index (χ1v) is 10.0. The Hall–Kier alpha value is -2.67. The molecule has 28 heavy (non-hydrogen) atoms. The molecule has 3 aromatic rings. The number of furan rings is 1. The van der Waals surface area contributed by atoms with Crippen molar-refractivity contribution < 1.29 is 18.5 Å². The van der Waals surface area contributed by atoms with Crippen molar-refractivity contribution in [3.63, 3.8) is 0 Å². The number of nitrogens with zero attached hydrogens (tertiary/aromatic N) is 2. The lowest BCUT2D eigenvalue weighted by Crippen LogP contribution is -2.42. The van der Waals surface area contributed by atoms with Crippen molar-refractivity contribution in [3.8, 4) is 11.5 Å². The smallest absolute Gasteiger partial charge is 0.259 e. The van der Waals surface area contributed by atoms with E-state index >= 15 is 0 Å². The van der Waals surface area contributed by atoms with E-state index in [9.17, 15) is 4.79 Å². The third-order valence-electron chi connectivity index (χ3n) is 6.08. The van der Waals surface area contributed by atoms with E-state index < -0.39 is 0 Å². The minimum absolute atomic E-state index is 0.100. The van der Waals surface area contributed by atoms with Gasteiger partial charge in [-0.25, -0.2) is 4.98 Å². The topological polar surface area (TPSA) is 90.4 Å². The Morgan fingerprint density at radius 2 is 1.96 bits per heavy atom. The molecule has 1 saturated carbocycles. The highest BCUT2D eigenvalue weighted by molar-refractivity contribution is 6.07. The van der Waals surface area contributed by atoms with Crippen LogP contribution in [0.5, 0.6) is 0 Å². The van der Waals surface area contributed by atoms with E-state index in [1.807, 2.05) is 6.07 Å². The van der Waals surface area contributed by atoms with Gasteiger partial charge in [0.15, 0.2) is 5.76 Å². The Labute approximate surface area is 161 Å². The number of amides is 1. The number of fused-ring (bicyclic) bond motifs is 3. The third-order valence-corrected chi connectivity index (χ3v) is 6.08. The number of hydrogen-bond acceptors (Lipinski definition) is 6. The SMILES string of the molecule is O=C(NC1CC2CCC(C1)O2)c1cc(-c2ccco2)nc2onc(C3CC3)c12. The molecule has 0 spiro atoms. The van der Waals surface area contributed by atoms with Crippen LogP contribution < -0.4 is 5.32 Å². The number of carbonyl (C=O) groups excluding carboxylic acids is 1. The summed E-state index contributed by atoms with van der Waals surface area (Å²) in [5, 5.41) is 8.21. The van der Waals surface area contributed by atoms with Crippen LogP contribution in [0, 0.1) is 0 Å². The zero-order chi connectivity index (χ0) is 18.7. The van der Waals surface area contributed by atoms with Crippen molar-refractivity contribution in [2.45, 2.75) is 62.7 Å². The number of ether oxygens (including phenoxy) is 1. The molecule has 5 heterocycles. The predicted octanol–water partition coefficient (Wildman–Crippen LogP) is 3.80. The van der Waals surface area contributed by atoms with E-state index in [2.05, 4.69) is 15.5 Å². The molecule has 0 radical (unpaired) electrons. The van der Waals surface area contributed by atoms with E-state index in [-0.39, 0.29) is 24.2 Å². The summed E-state index contributed by atoms with van der Waals surface area (Å²) < 4.78 is 16.9. The Morgan fingerprint density at radius 1 is 1.14 bits per heavy atom. The van der Waals surface area contributed by atoms with E-state index in [0.29, 0.717) is 28.6 Å². The van der Waals surface area contributed by atoms with Crippen molar-refractivity contribution >= 4 is 17.0 Å². The van der Waals surface area contributed by atoms with Crippen LogP contribution >= 0.6 is 0 Å². The third kappa shape index (κ3) is 2.73. The van der Waals surface area contributed by atoms with Crippen LogP contribution in [0.1, 0.15) is 60.5 Å². The Kier molecular flexibility index (Phi) is 3.59. The van der Waals surface area contributed by atoms with Gasteiger partial charge in [0.1, 0.15) is 5.69 Å². The molecule has 2 saturated heterocycles. The molecular formula is C21H21N3O4. The molecule has 3 fully saturated rings. The van der Waals surface area contributed by atoms with Crippen molar-refractivity contribution in [1.29, 1.82) is 0 Å². The molecule has 1 amide bonds. The number of hydrogen-bond donors (Lipinski definition) is 1. The van der Waals surface area contributed by atoms with Gasteiger partial charge in [0.2, 0.25) is 0 Å². The fourth-order valence-corrected chi connectivity index (χ4v) is 4.58. The van der Waals surface area contributed by atoms with Crippen LogP contribution in [0.3, 0.4) is 0 Å². The fourth-order valence-electron chi connectivity index (χ4n) is 4.58. The number of aromatic nitrogens is 2. The number of carbonyl (C=O) groups is 1. The van der Waals surface area contributed by atoms with Gasteiger partial charge in [-0.2, -0.15) is 0 Å². The second-order valence-corrected chi connectivity index (χ2v) is 8.15. The highest BCUT2D eigenvalue weighted by atomic mass is 16.5. The summed E-state index contributed by atoms with van der Waals surface area (Å²) in [4.78, 5) is 17.8. The van der Waals surface area contributed by atoms with Gasteiger partial charge < -0.3 is 19.0 Å². The maximum atomic E-state index is 13.3. The molecule has 7 nitrogen and oxygen atoms in total. The van der Waals surface area contributed by atoms with Crippen LogP contribution in [-0.2, 0) is 4.74 Å².